The molecule has 0 spiro atoms. The van der Waals surface area contributed by atoms with Gasteiger partial charge >= 0.3 is 6.03 Å². The molecule has 0 radical (unpaired) electrons. The minimum Gasteiger partial charge on any atom is -0.389 e. The van der Waals surface area contributed by atoms with Gasteiger partial charge in [0, 0.05) is 20.2 Å². The van der Waals surface area contributed by atoms with Gasteiger partial charge in [0.15, 0.2) is 0 Å². The van der Waals surface area contributed by atoms with Gasteiger partial charge in [-0.25, -0.2) is 4.79 Å². The number of nitrogens with zero attached hydrogens (tertiary/aromatic N) is 1. The highest BCUT2D eigenvalue weighted by Gasteiger charge is 2.37. The quantitative estimate of drug-likeness (QED) is 0.811. The predicted octanol–water partition coefficient (Wildman–Crippen LogP) is 2.54. The van der Waals surface area contributed by atoms with Gasteiger partial charge < -0.3 is 20.1 Å². The van der Waals surface area contributed by atoms with Crippen LogP contribution in [0.5, 0.6) is 0 Å². The van der Waals surface area contributed by atoms with E-state index in [1.165, 1.54) is 0 Å². The zero-order valence-corrected chi connectivity index (χ0v) is 14.3. The van der Waals surface area contributed by atoms with E-state index in [4.69, 9.17) is 4.74 Å². The average molecular weight is 320 g/mol. The van der Waals surface area contributed by atoms with Crippen molar-refractivity contribution >= 4 is 6.03 Å². The summed E-state index contributed by atoms with van der Waals surface area (Å²) < 4.78 is 5.54. The second kappa shape index (κ2) is 7.32. The number of urea groups is 1. The summed E-state index contributed by atoms with van der Waals surface area (Å²) in [5.41, 5.74) is -0.110. The first-order valence-electron chi connectivity index (χ1n) is 8.18. The standard InChI is InChI=1S/C18H28N2O3/c1-17(2,22)14-20(12-15-8-5-4-6-9-15)16(21)19-13-18(23-3)10-7-11-18/h4-6,8-9,22H,7,10-14H2,1-3H3,(H,19,21). The molecule has 2 rings (SSSR count). The van der Waals surface area contributed by atoms with E-state index >= 15 is 0 Å². The largest absolute Gasteiger partial charge is 0.389 e. The van der Waals surface area contributed by atoms with E-state index in [0.29, 0.717) is 13.1 Å². The molecule has 0 aliphatic heterocycles. The second-order valence-electron chi connectivity index (χ2n) is 7.05. The van der Waals surface area contributed by atoms with Gasteiger partial charge in [-0.05, 0) is 38.7 Å². The zero-order valence-electron chi connectivity index (χ0n) is 14.3. The molecule has 0 unspecified atom stereocenters. The number of nitrogens with one attached hydrogen (secondary N) is 1. The van der Waals surface area contributed by atoms with Crippen LogP contribution in [0.2, 0.25) is 0 Å². The van der Waals surface area contributed by atoms with E-state index in [1.54, 1.807) is 25.9 Å². The summed E-state index contributed by atoms with van der Waals surface area (Å²) in [6.45, 7) is 4.67. The Morgan fingerprint density at radius 2 is 2.00 bits per heavy atom. The summed E-state index contributed by atoms with van der Waals surface area (Å²) in [5.74, 6) is 0. The minimum absolute atomic E-state index is 0.167. The number of benzene rings is 1. The predicted molar refractivity (Wildman–Crippen MR) is 90.1 cm³/mol. The number of carbonyl (C=O) groups excluding carboxylic acids is 1. The molecule has 1 aromatic rings. The third-order valence-corrected chi connectivity index (χ3v) is 4.34. The fourth-order valence-electron chi connectivity index (χ4n) is 2.84. The number of carbonyl (C=O) groups is 1. The molecule has 0 aromatic heterocycles. The second-order valence-corrected chi connectivity index (χ2v) is 7.05. The molecule has 1 aliphatic carbocycles. The maximum Gasteiger partial charge on any atom is 0.317 e. The Morgan fingerprint density at radius 1 is 1.35 bits per heavy atom. The molecular weight excluding hydrogens is 292 g/mol. The average Bonchev–Trinajstić information content (AvgIpc) is 2.45. The normalized spacial score (nSPS) is 16.5. The molecule has 128 valence electrons. The summed E-state index contributed by atoms with van der Waals surface area (Å²) in [6.07, 6.45) is 3.10. The number of rotatable bonds is 7. The Balaban J connectivity index is 1.99. The van der Waals surface area contributed by atoms with Crippen LogP contribution in [0, 0.1) is 0 Å². The topological polar surface area (TPSA) is 61.8 Å². The van der Waals surface area contributed by atoms with E-state index in [-0.39, 0.29) is 18.2 Å². The molecule has 1 aliphatic rings. The monoisotopic (exact) mass is 320 g/mol. The molecule has 0 heterocycles. The summed E-state index contributed by atoms with van der Waals surface area (Å²) >= 11 is 0. The first-order chi connectivity index (χ1) is 10.8. The molecule has 1 aromatic carbocycles. The lowest BCUT2D eigenvalue weighted by molar-refractivity contribution is -0.0681. The Morgan fingerprint density at radius 3 is 2.48 bits per heavy atom. The van der Waals surface area contributed by atoms with Crippen LogP contribution in [-0.2, 0) is 11.3 Å². The molecule has 0 saturated heterocycles. The fourth-order valence-corrected chi connectivity index (χ4v) is 2.84. The number of hydrogen-bond acceptors (Lipinski definition) is 3. The molecule has 1 saturated carbocycles. The number of hydrogen-bond donors (Lipinski definition) is 2. The SMILES string of the molecule is COC1(CNC(=O)N(Cc2ccccc2)CC(C)(C)O)CCC1. The van der Waals surface area contributed by atoms with Gasteiger partial charge in [0.1, 0.15) is 0 Å². The van der Waals surface area contributed by atoms with Crippen molar-refractivity contribution in [3.05, 3.63) is 35.9 Å². The van der Waals surface area contributed by atoms with Crippen molar-refractivity contribution in [1.82, 2.24) is 10.2 Å². The Labute approximate surface area is 138 Å². The van der Waals surface area contributed by atoms with E-state index in [9.17, 15) is 9.90 Å². The fraction of sp³-hybridized carbons (Fsp3) is 0.611. The lowest BCUT2D eigenvalue weighted by atomic mass is 9.80. The van der Waals surface area contributed by atoms with Crippen molar-refractivity contribution in [2.45, 2.75) is 50.9 Å². The summed E-state index contributed by atoms with van der Waals surface area (Å²) in [6, 6.07) is 9.64. The minimum atomic E-state index is -0.943. The maximum absolute atomic E-state index is 12.6. The summed E-state index contributed by atoms with van der Waals surface area (Å²) in [7, 11) is 1.70. The van der Waals surface area contributed by atoms with Gasteiger partial charge in [-0.3, -0.25) is 0 Å². The van der Waals surface area contributed by atoms with Crippen LogP contribution in [0.15, 0.2) is 30.3 Å². The Kier molecular flexibility index (Phi) is 5.65. The molecule has 0 bridgehead atoms. The van der Waals surface area contributed by atoms with E-state index < -0.39 is 5.60 Å². The van der Waals surface area contributed by atoms with Crippen LogP contribution in [0.4, 0.5) is 4.79 Å². The smallest absolute Gasteiger partial charge is 0.317 e. The summed E-state index contributed by atoms with van der Waals surface area (Å²) in [5, 5.41) is 13.1. The van der Waals surface area contributed by atoms with Gasteiger partial charge in [-0.15, -0.1) is 0 Å². The Hall–Kier alpha value is -1.59. The number of aliphatic hydroxyl groups is 1. The Bertz CT molecular complexity index is 501. The third-order valence-electron chi connectivity index (χ3n) is 4.34. The van der Waals surface area contributed by atoms with Crippen molar-refractivity contribution < 1.29 is 14.6 Å². The highest BCUT2D eigenvalue weighted by Crippen LogP contribution is 2.34. The lowest BCUT2D eigenvalue weighted by Crippen LogP contribution is -2.53. The molecule has 23 heavy (non-hydrogen) atoms. The first-order valence-corrected chi connectivity index (χ1v) is 8.18. The molecule has 1 fully saturated rings. The van der Waals surface area contributed by atoms with E-state index in [1.807, 2.05) is 30.3 Å². The summed E-state index contributed by atoms with van der Waals surface area (Å²) in [4.78, 5) is 14.2. The maximum atomic E-state index is 12.6. The van der Waals surface area contributed by atoms with Crippen LogP contribution < -0.4 is 5.32 Å². The van der Waals surface area contributed by atoms with Crippen LogP contribution in [0.1, 0.15) is 38.7 Å². The first kappa shape index (κ1) is 17.8. The van der Waals surface area contributed by atoms with Crippen LogP contribution in [0.25, 0.3) is 0 Å². The van der Waals surface area contributed by atoms with Crippen molar-refractivity contribution in [2.75, 3.05) is 20.2 Å². The van der Waals surface area contributed by atoms with Crippen molar-refractivity contribution in [1.29, 1.82) is 0 Å². The highest BCUT2D eigenvalue weighted by atomic mass is 16.5. The lowest BCUT2D eigenvalue weighted by Gasteiger charge is -2.41. The van der Waals surface area contributed by atoms with Gasteiger partial charge in [0.2, 0.25) is 0 Å². The van der Waals surface area contributed by atoms with Crippen LogP contribution >= 0.6 is 0 Å². The number of methoxy groups -OCH3 is 1. The van der Waals surface area contributed by atoms with Crippen molar-refractivity contribution in [3.8, 4) is 0 Å². The van der Waals surface area contributed by atoms with Crippen molar-refractivity contribution in [2.24, 2.45) is 0 Å². The number of amides is 2. The van der Waals surface area contributed by atoms with Crippen LogP contribution in [0.3, 0.4) is 0 Å². The van der Waals surface area contributed by atoms with Crippen LogP contribution in [-0.4, -0.2) is 47.4 Å². The van der Waals surface area contributed by atoms with Gasteiger partial charge in [-0.1, -0.05) is 30.3 Å². The molecule has 5 heteroatoms. The molecule has 5 nitrogen and oxygen atoms in total. The van der Waals surface area contributed by atoms with Gasteiger partial charge in [0.25, 0.3) is 0 Å². The zero-order chi connectivity index (χ0) is 16.9. The van der Waals surface area contributed by atoms with Gasteiger partial charge in [0.05, 0.1) is 17.7 Å². The number of ether oxygens (including phenoxy) is 1. The molecular formula is C18H28N2O3. The van der Waals surface area contributed by atoms with E-state index in [2.05, 4.69) is 5.32 Å². The van der Waals surface area contributed by atoms with Crippen molar-refractivity contribution in [3.63, 3.8) is 0 Å². The third kappa shape index (κ3) is 5.22. The van der Waals surface area contributed by atoms with E-state index in [0.717, 1.165) is 24.8 Å². The molecule has 0 atom stereocenters. The molecule has 2 amide bonds. The molecule has 2 N–H and O–H groups in total. The van der Waals surface area contributed by atoms with Gasteiger partial charge in [-0.2, -0.15) is 0 Å². The highest BCUT2D eigenvalue weighted by molar-refractivity contribution is 5.74.